The Morgan fingerprint density at radius 1 is 1.05 bits per heavy atom. The number of amides is 2. The third kappa shape index (κ3) is 5.60. The Hall–Kier alpha value is -4.62. The second-order valence-corrected chi connectivity index (χ2v) is 10.9. The summed E-state index contributed by atoms with van der Waals surface area (Å²) in [6.07, 6.45) is 0.222. The van der Waals surface area contributed by atoms with E-state index in [0.29, 0.717) is 42.1 Å². The molecule has 224 valence electrons. The van der Waals surface area contributed by atoms with Crippen molar-refractivity contribution in [2.75, 3.05) is 24.1 Å². The number of nitrogens with one attached hydrogen (secondary N) is 1. The molecule has 1 saturated heterocycles. The molecule has 2 fully saturated rings. The van der Waals surface area contributed by atoms with Gasteiger partial charge in [-0.05, 0) is 37.1 Å². The zero-order valence-electron chi connectivity index (χ0n) is 22.6. The predicted octanol–water partition coefficient (Wildman–Crippen LogP) is 5.40. The molecule has 3 aromatic heterocycles. The van der Waals surface area contributed by atoms with Crippen molar-refractivity contribution < 1.29 is 31.5 Å². The maximum Gasteiger partial charge on any atom is 0.416 e. The summed E-state index contributed by atoms with van der Waals surface area (Å²) in [6, 6.07) is 7.85. The molecule has 3 N–H and O–H groups in total. The smallest absolute Gasteiger partial charge is 0.382 e. The molecular weight excluding hydrogens is 573 g/mol. The van der Waals surface area contributed by atoms with Crippen molar-refractivity contribution in [2.24, 2.45) is 5.92 Å². The molecule has 0 radical (unpaired) electrons. The number of carbonyl (C=O) groups is 2. The molecule has 4 aromatic rings. The van der Waals surface area contributed by atoms with E-state index in [-0.39, 0.29) is 29.0 Å². The van der Waals surface area contributed by atoms with Crippen molar-refractivity contribution in [3.8, 4) is 11.3 Å². The molecule has 1 aromatic carbocycles. The van der Waals surface area contributed by atoms with Crippen molar-refractivity contribution in [3.05, 3.63) is 71.9 Å². The molecule has 1 aliphatic heterocycles. The van der Waals surface area contributed by atoms with E-state index >= 15 is 0 Å². The van der Waals surface area contributed by atoms with Gasteiger partial charge in [0.1, 0.15) is 28.7 Å². The number of aromatic nitrogens is 4. The number of nitrogens with two attached hydrogens (primary N) is 1. The quantitative estimate of drug-likeness (QED) is 0.297. The number of benzene rings is 1. The number of hydrogen-bond acceptors (Lipinski definition) is 6. The Labute approximate surface area is 241 Å². The minimum absolute atomic E-state index is 0.175. The number of likely N-dealkylation sites (tertiary alicyclic amines) is 1. The van der Waals surface area contributed by atoms with Crippen LogP contribution in [0.4, 0.5) is 33.6 Å². The van der Waals surface area contributed by atoms with Crippen LogP contribution in [0.2, 0.25) is 0 Å². The third-order valence-corrected chi connectivity index (χ3v) is 7.90. The number of halogens is 5. The summed E-state index contributed by atoms with van der Waals surface area (Å²) >= 11 is 0. The summed E-state index contributed by atoms with van der Waals surface area (Å²) in [7, 11) is 0. The lowest BCUT2D eigenvalue weighted by Gasteiger charge is -2.40. The van der Waals surface area contributed by atoms with Gasteiger partial charge in [-0.3, -0.25) is 14.0 Å². The lowest BCUT2D eigenvalue weighted by Crippen LogP contribution is -2.49. The number of piperidine rings is 1. The Morgan fingerprint density at radius 3 is 2.49 bits per heavy atom. The van der Waals surface area contributed by atoms with Gasteiger partial charge in [-0.2, -0.15) is 13.2 Å². The summed E-state index contributed by atoms with van der Waals surface area (Å²) in [5.74, 6) is -3.90. The van der Waals surface area contributed by atoms with Crippen LogP contribution in [0, 0.1) is 5.92 Å². The SMILES string of the molecule is Nc1nccn2c([C@@H]3CCCN(C(=O)C4CC(F)(F)C4)C3)nc(-c3ccc(C(=O)Nc4cc(C(F)(F)F)ccn4)cc3)c12. The van der Waals surface area contributed by atoms with Crippen molar-refractivity contribution >= 4 is 29.0 Å². The number of nitrogens with zero attached hydrogens (tertiary/aromatic N) is 5. The Kier molecular flexibility index (Phi) is 7.01. The summed E-state index contributed by atoms with van der Waals surface area (Å²) in [6.45, 7) is 0.835. The topological polar surface area (TPSA) is 119 Å². The van der Waals surface area contributed by atoms with Gasteiger partial charge in [0.2, 0.25) is 11.8 Å². The average molecular weight is 600 g/mol. The first-order chi connectivity index (χ1) is 20.4. The molecule has 14 heteroatoms. The first-order valence-electron chi connectivity index (χ1n) is 13.6. The lowest BCUT2D eigenvalue weighted by molar-refractivity contribution is -0.160. The largest absolute Gasteiger partial charge is 0.416 e. The minimum Gasteiger partial charge on any atom is -0.382 e. The first-order valence-corrected chi connectivity index (χ1v) is 13.6. The number of alkyl halides is 5. The Morgan fingerprint density at radius 2 is 1.79 bits per heavy atom. The lowest BCUT2D eigenvalue weighted by atomic mass is 9.80. The number of fused-ring (bicyclic) bond motifs is 1. The highest BCUT2D eigenvalue weighted by atomic mass is 19.4. The molecule has 0 spiro atoms. The molecule has 4 heterocycles. The fraction of sp³-hybridized carbons (Fsp3) is 0.345. The van der Waals surface area contributed by atoms with Gasteiger partial charge in [0.15, 0.2) is 0 Å². The van der Waals surface area contributed by atoms with Crippen LogP contribution in [0.1, 0.15) is 53.3 Å². The van der Waals surface area contributed by atoms with Gasteiger partial charge >= 0.3 is 6.18 Å². The molecule has 2 amide bonds. The van der Waals surface area contributed by atoms with Crippen LogP contribution < -0.4 is 11.1 Å². The number of anilines is 2. The number of carbonyl (C=O) groups excluding carboxylic acids is 2. The van der Waals surface area contributed by atoms with Crippen LogP contribution in [0.3, 0.4) is 0 Å². The van der Waals surface area contributed by atoms with Gasteiger partial charge in [-0.25, -0.2) is 23.7 Å². The summed E-state index contributed by atoms with van der Waals surface area (Å²) in [5, 5.41) is 2.38. The van der Waals surface area contributed by atoms with Gasteiger partial charge in [0, 0.05) is 67.5 Å². The summed E-state index contributed by atoms with van der Waals surface area (Å²) in [5.41, 5.74) is 7.14. The van der Waals surface area contributed by atoms with Gasteiger partial charge in [0.05, 0.1) is 5.56 Å². The standard InChI is InChI=1S/C29H26F5N7O2/c30-28(31)13-19(14-28)27(43)40-10-1-2-18(15-40)25-39-22(23-24(35)37-9-11-41(23)25)16-3-5-17(6-4-16)26(42)38-21-12-20(7-8-36-21)29(32,33)34/h3-9,11-12,18-19H,1-2,10,13-15H2,(H2,35,37)(H,36,38,42)/t18-/m1/s1. The fourth-order valence-corrected chi connectivity index (χ4v) is 5.70. The van der Waals surface area contributed by atoms with Gasteiger partial charge < -0.3 is 16.0 Å². The van der Waals surface area contributed by atoms with E-state index in [2.05, 4.69) is 15.3 Å². The molecular formula is C29H26F5N7O2. The van der Waals surface area contributed by atoms with Crippen LogP contribution in [-0.4, -0.2) is 55.1 Å². The molecule has 1 aliphatic carbocycles. The highest BCUT2D eigenvalue weighted by Crippen LogP contribution is 2.44. The molecule has 0 unspecified atom stereocenters. The second-order valence-electron chi connectivity index (χ2n) is 10.9. The van der Waals surface area contributed by atoms with Gasteiger partial charge in [0.25, 0.3) is 5.91 Å². The zero-order chi connectivity index (χ0) is 30.5. The van der Waals surface area contributed by atoms with Crippen molar-refractivity contribution in [1.29, 1.82) is 0 Å². The number of pyridine rings is 1. The summed E-state index contributed by atoms with van der Waals surface area (Å²) in [4.78, 5) is 40.2. The number of nitrogen functional groups attached to an aromatic ring is 1. The molecule has 9 nitrogen and oxygen atoms in total. The van der Waals surface area contributed by atoms with Crippen LogP contribution in [0.25, 0.3) is 16.8 Å². The maximum atomic E-state index is 13.4. The van der Waals surface area contributed by atoms with Crippen LogP contribution in [0.5, 0.6) is 0 Å². The Bertz CT molecular complexity index is 1700. The highest BCUT2D eigenvalue weighted by Gasteiger charge is 2.50. The van der Waals surface area contributed by atoms with Crippen LogP contribution >= 0.6 is 0 Å². The molecule has 1 saturated carbocycles. The van der Waals surface area contributed by atoms with Gasteiger partial charge in [-0.1, -0.05) is 12.1 Å². The van der Waals surface area contributed by atoms with E-state index in [1.165, 1.54) is 18.3 Å². The second kappa shape index (κ2) is 10.6. The molecule has 6 rings (SSSR count). The first kappa shape index (κ1) is 28.5. The van der Waals surface area contributed by atoms with Crippen molar-refractivity contribution in [2.45, 2.75) is 43.7 Å². The van der Waals surface area contributed by atoms with E-state index in [4.69, 9.17) is 10.7 Å². The number of rotatable bonds is 5. The van der Waals surface area contributed by atoms with Gasteiger partial charge in [-0.15, -0.1) is 0 Å². The van der Waals surface area contributed by atoms with E-state index in [0.717, 1.165) is 24.8 Å². The molecule has 1 atom stereocenters. The zero-order valence-corrected chi connectivity index (χ0v) is 22.6. The number of imidazole rings is 1. The Balaban J connectivity index is 1.24. The van der Waals surface area contributed by atoms with Crippen LogP contribution in [0.15, 0.2) is 55.0 Å². The molecule has 2 aliphatic rings. The highest BCUT2D eigenvalue weighted by molar-refractivity contribution is 6.04. The van der Waals surface area contributed by atoms with E-state index < -0.39 is 42.3 Å². The maximum absolute atomic E-state index is 13.4. The van der Waals surface area contributed by atoms with Crippen molar-refractivity contribution in [3.63, 3.8) is 0 Å². The van der Waals surface area contributed by atoms with E-state index in [1.807, 2.05) is 4.40 Å². The fourth-order valence-electron chi connectivity index (χ4n) is 5.70. The predicted molar refractivity (Wildman–Crippen MR) is 146 cm³/mol. The van der Waals surface area contributed by atoms with E-state index in [9.17, 15) is 31.5 Å². The monoisotopic (exact) mass is 599 g/mol. The molecule has 43 heavy (non-hydrogen) atoms. The van der Waals surface area contributed by atoms with Crippen LogP contribution in [-0.2, 0) is 11.0 Å². The third-order valence-electron chi connectivity index (χ3n) is 7.90. The summed E-state index contributed by atoms with van der Waals surface area (Å²) < 4.78 is 67.7. The number of hydrogen-bond donors (Lipinski definition) is 2. The normalized spacial score (nSPS) is 18.8. The van der Waals surface area contributed by atoms with Crippen molar-refractivity contribution in [1.82, 2.24) is 24.3 Å². The molecule has 0 bridgehead atoms. The van der Waals surface area contributed by atoms with E-state index in [1.54, 1.807) is 23.2 Å². The minimum atomic E-state index is -4.58. The average Bonchev–Trinajstić information content (AvgIpc) is 3.36.